The molecule has 0 spiro atoms. The molecule has 0 bridgehead atoms. The number of hydrogen-bond donors (Lipinski definition) is 1. The first-order chi connectivity index (χ1) is 8.98. The minimum absolute atomic E-state index is 0.434. The third-order valence-electron chi connectivity index (χ3n) is 4.48. The zero-order valence-corrected chi connectivity index (χ0v) is 12.8. The van der Waals surface area contributed by atoms with E-state index in [1.54, 1.807) is 0 Å². The maximum absolute atomic E-state index is 5.58. The zero-order chi connectivity index (χ0) is 13.6. The van der Waals surface area contributed by atoms with Crippen molar-refractivity contribution in [2.45, 2.75) is 52.5 Å². The van der Waals surface area contributed by atoms with Gasteiger partial charge in [0.05, 0.1) is 11.0 Å². The Morgan fingerprint density at radius 1 is 1.37 bits per heavy atom. The molecule has 1 aromatic carbocycles. The summed E-state index contributed by atoms with van der Waals surface area (Å²) in [5, 5.41) is 0. The molecule has 2 aromatic rings. The first-order valence-electron chi connectivity index (χ1n) is 7.18. The number of aromatic nitrogens is 2. The third-order valence-corrected chi connectivity index (χ3v) is 4.78. The van der Waals surface area contributed by atoms with Crippen LogP contribution in [0.2, 0.25) is 0 Å². The fourth-order valence-electron chi connectivity index (χ4n) is 3.58. The SMILES string of the molecule is Cc1cccc2[nH]c(=S)n(C3CCCC(C)(C)C3)c12. The average molecular weight is 274 g/mol. The van der Waals surface area contributed by atoms with Crippen molar-refractivity contribution >= 4 is 23.3 Å². The maximum Gasteiger partial charge on any atom is 0.178 e. The van der Waals surface area contributed by atoms with Gasteiger partial charge in [-0.1, -0.05) is 32.4 Å². The summed E-state index contributed by atoms with van der Waals surface area (Å²) in [7, 11) is 0. The van der Waals surface area contributed by atoms with Crippen molar-refractivity contribution in [3.05, 3.63) is 28.5 Å². The second-order valence-corrected chi connectivity index (χ2v) is 7.07. The predicted octanol–water partition coefficient (Wildman–Crippen LogP) is 5.15. The minimum Gasteiger partial charge on any atom is -0.331 e. The Balaban J connectivity index is 2.15. The molecule has 2 nitrogen and oxygen atoms in total. The monoisotopic (exact) mass is 274 g/mol. The molecule has 102 valence electrons. The second kappa shape index (κ2) is 4.48. The van der Waals surface area contributed by atoms with E-state index < -0.39 is 0 Å². The summed E-state index contributed by atoms with van der Waals surface area (Å²) in [5.74, 6) is 0. The highest BCUT2D eigenvalue weighted by Gasteiger charge is 2.30. The van der Waals surface area contributed by atoms with Gasteiger partial charge in [0.2, 0.25) is 0 Å². The number of para-hydroxylation sites is 1. The van der Waals surface area contributed by atoms with Gasteiger partial charge < -0.3 is 9.55 Å². The second-order valence-electron chi connectivity index (χ2n) is 6.69. The molecule has 1 fully saturated rings. The van der Waals surface area contributed by atoms with E-state index in [1.807, 2.05) is 0 Å². The van der Waals surface area contributed by atoms with Crippen molar-refractivity contribution < 1.29 is 0 Å². The van der Waals surface area contributed by atoms with Crippen LogP contribution in [0, 0.1) is 17.1 Å². The number of imidazole rings is 1. The van der Waals surface area contributed by atoms with E-state index in [-0.39, 0.29) is 0 Å². The average Bonchev–Trinajstić information content (AvgIpc) is 2.65. The number of benzene rings is 1. The van der Waals surface area contributed by atoms with Gasteiger partial charge in [0.15, 0.2) is 4.77 Å². The molecule has 1 aliphatic rings. The van der Waals surface area contributed by atoms with Gasteiger partial charge >= 0.3 is 0 Å². The van der Waals surface area contributed by atoms with Crippen LogP contribution in [0.1, 0.15) is 51.1 Å². The Bertz CT molecular complexity index is 663. The molecule has 1 atom stereocenters. The largest absolute Gasteiger partial charge is 0.331 e. The lowest BCUT2D eigenvalue weighted by molar-refractivity contribution is 0.185. The van der Waals surface area contributed by atoms with Gasteiger partial charge in [-0.25, -0.2) is 0 Å². The van der Waals surface area contributed by atoms with Crippen molar-refractivity contribution in [1.82, 2.24) is 9.55 Å². The molecule has 1 aliphatic carbocycles. The normalized spacial score (nSPS) is 22.8. The molecule has 1 unspecified atom stereocenters. The summed E-state index contributed by atoms with van der Waals surface area (Å²) in [4.78, 5) is 3.37. The van der Waals surface area contributed by atoms with Crippen LogP contribution in [-0.2, 0) is 0 Å². The molecule has 0 radical (unpaired) electrons. The number of aromatic amines is 1. The Hall–Kier alpha value is -1.09. The lowest BCUT2D eigenvalue weighted by Gasteiger charge is -2.36. The van der Waals surface area contributed by atoms with Crippen LogP contribution in [0.4, 0.5) is 0 Å². The highest BCUT2D eigenvalue weighted by Crippen LogP contribution is 2.42. The summed E-state index contributed by atoms with van der Waals surface area (Å²) in [6, 6.07) is 6.95. The van der Waals surface area contributed by atoms with Crippen LogP contribution in [0.25, 0.3) is 11.0 Å². The molecule has 3 heteroatoms. The van der Waals surface area contributed by atoms with Crippen LogP contribution < -0.4 is 0 Å². The summed E-state index contributed by atoms with van der Waals surface area (Å²) in [6.45, 7) is 6.93. The summed E-state index contributed by atoms with van der Waals surface area (Å²) in [5.41, 5.74) is 4.22. The quantitative estimate of drug-likeness (QED) is 0.713. The molecule has 1 aromatic heterocycles. The van der Waals surface area contributed by atoms with Gasteiger partial charge in [-0.3, -0.25) is 0 Å². The Labute approximate surface area is 119 Å². The van der Waals surface area contributed by atoms with Gasteiger partial charge in [0, 0.05) is 6.04 Å². The van der Waals surface area contributed by atoms with Gasteiger partial charge in [-0.2, -0.15) is 0 Å². The number of aryl methyl sites for hydroxylation is 1. The Morgan fingerprint density at radius 2 is 2.16 bits per heavy atom. The van der Waals surface area contributed by atoms with Crippen molar-refractivity contribution in [2.75, 3.05) is 0 Å². The Kier molecular flexibility index (Phi) is 3.05. The highest BCUT2D eigenvalue weighted by atomic mass is 32.1. The highest BCUT2D eigenvalue weighted by molar-refractivity contribution is 7.71. The first-order valence-corrected chi connectivity index (χ1v) is 7.59. The number of rotatable bonds is 1. The van der Waals surface area contributed by atoms with Crippen molar-refractivity contribution in [1.29, 1.82) is 0 Å². The molecular weight excluding hydrogens is 252 g/mol. The van der Waals surface area contributed by atoms with Gasteiger partial charge in [-0.05, 0) is 55.4 Å². The fraction of sp³-hybridized carbons (Fsp3) is 0.562. The van der Waals surface area contributed by atoms with E-state index in [9.17, 15) is 0 Å². The molecule has 1 saturated carbocycles. The number of hydrogen-bond acceptors (Lipinski definition) is 1. The number of fused-ring (bicyclic) bond motifs is 1. The van der Waals surface area contributed by atoms with E-state index in [0.29, 0.717) is 11.5 Å². The van der Waals surface area contributed by atoms with Crippen LogP contribution in [-0.4, -0.2) is 9.55 Å². The molecule has 0 amide bonds. The lowest BCUT2D eigenvalue weighted by Crippen LogP contribution is -2.25. The predicted molar refractivity (Wildman–Crippen MR) is 83.1 cm³/mol. The lowest BCUT2D eigenvalue weighted by atomic mass is 9.75. The number of H-pyrrole nitrogens is 1. The molecule has 0 saturated heterocycles. The third kappa shape index (κ3) is 2.25. The molecule has 3 rings (SSSR count). The van der Waals surface area contributed by atoms with Crippen molar-refractivity contribution in [3.8, 4) is 0 Å². The standard InChI is InChI=1S/C16H22N2S/c1-11-6-4-8-13-14(11)18(15(19)17-13)12-7-5-9-16(2,3)10-12/h4,6,8,12H,5,7,9-10H2,1-3H3,(H,17,19). The van der Waals surface area contributed by atoms with Gasteiger partial charge in [0.25, 0.3) is 0 Å². The van der Waals surface area contributed by atoms with Crippen LogP contribution in [0.15, 0.2) is 18.2 Å². The summed E-state index contributed by atoms with van der Waals surface area (Å²) < 4.78 is 3.26. The van der Waals surface area contributed by atoms with E-state index >= 15 is 0 Å². The van der Waals surface area contributed by atoms with Crippen LogP contribution in [0.5, 0.6) is 0 Å². The van der Waals surface area contributed by atoms with Gasteiger partial charge in [-0.15, -0.1) is 0 Å². The van der Waals surface area contributed by atoms with Crippen LogP contribution >= 0.6 is 12.2 Å². The number of nitrogens with zero attached hydrogens (tertiary/aromatic N) is 1. The molecule has 19 heavy (non-hydrogen) atoms. The summed E-state index contributed by atoms with van der Waals surface area (Å²) in [6.07, 6.45) is 5.11. The number of nitrogens with one attached hydrogen (secondary N) is 1. The molecule has 1 heterocycles. The zero-order valence-electron chi connectivity index (χ0n) is 12.0. The van der Waals surface area contributed by atoms with E-state index in [4.69, 9.17) is 12.2 Å². The van der Waals surface area contributed by atoms with Crippen molar-refractivity contribution in [2.24, 2.45) is 5.41 Å². The fourth-order valence-corrected chi connectivity index (χ4v) is 3.93. The first kappa shape index (κ1) is 12.9. The topological polar surface area (TPSA) is 20.7 Å². The van der Waals surface area contributed by atoms with E-state index in [0.717, 1.165) is 4.77 Å². The molecule has 1 N–H and O–H groups in total. The summed E-state index contributed by atoms with van der Waals surface area (Å²) >= 11 is 5.58. The Morgan fingerprint density at radius 3 is 2.89 bits per heavy atom. The van der Waals surface area contributed by atoms with E-state index in [2.05, 4.69) is 48.5 Å². The van der Waals surface area contributed by atoms with Gasteiger partial charge in [0.1, 0.15) is 0 Å². The smallest absolute Gasteiger partial charge is 0.178 e. The van der Waals surface area contributed by atoms with Crippen LogP contribution in [0.3, 0.4) is 0 Å². The minimum atomic E-state index is 0.434. The molecule has 0 aliphatic heterocycles. The van der Waals surface area contributed by atoms with E-state index in [1.165, 1.54) is 42.3 Å². The maximum atomic E-state index is 5.58. The molecular formula is C16H22N2S. The van der Waals surface area contributed by atoms with Crippen molar-refractivity contribution in [3.63, 3.8) is 0 Å².